The van der Waals surface area contributed by atoms with Crippen molar-refractivity contribution in [1.29, 1.82) is 5.26 Å². The number of amides is 3. The average Bonchev–Trinajstić information content (AvgIpc) is 3.59. The molecule has 1 atom stereocenters. The fraction of sp³-hybridized carbons (Fsp3) is 0.241. The minimum absolute atomic E-state index is 0.102. The summed E-state index contributed by atoms with van der Waals surface area (Å²) in [7, 11) is 3.73. The Labute approximate surface area is 231 Å². The van der Waals surface area contributed by atoms with E-state index in [1.54, 1.807) is 45.9 Å². The van der Waals surface area contributed by atoms with Crippen molar-refractivity contribution in [2.24, 2.45) is 14.1 Å². The van der Waals surface area contributed by atoms with Gasteiger partial charge in [0, 0.05) is 49.7 Å². The van der Waals surface area contributed by atoms with Crippen molar-refractivity contribution in [2.45, 2.75) is 25.9 Å². The van der Waals surface area contributed by atoms with Crippen molar-refractivity contribution < 1.29 is 14.4 Å². The lowest BCUT2D eigenvalue weighted by molar-refractivity contribution is -0.125. The Morgan fingerprint density at radius 3 is 2.45 bits per heavy atom. The number of nitrogens with zero attached hydrogens (tertiary/aromatic N) is 5. The predicted octanol–water partition coefficient (Wildman–Crippen LogP) is 2.62. The number of carbonyl (C=O) groups is 3. The summed E-state index contributed by atoms with van der Waals surface area (Å²) in [6.45, 7) is 1.76. The molecule has 3 N–H and O–H groups in total. The molecule has 0 unspecified atom stereocenters. The Balaban J connectivity index is 1.51. The SMILES string of the molecule is C[C@@H](NC(=O)c1ccccc1CNC(=O)CNC(=O)CC#N)c1cc(-c2cnn(C)c2)cc(-c2ccn(C)n2)c1. The van der Waals surface area contributed by atoms with Crippen molar-refractivity contribution >= 4 is 17.7 Å². The topological polar surface area (TPSA) is 147 Å². The molecule has 0 aliphatic heterocycles. The van der Waals surface area contributed by atoms with Crippen molar-refractivity contribution in [3.63, 3.8) is 0 Å². The van der Waals surface area contributed by atoms with E-state index in [1.807, 2.05) is 51.6 Å². The maximum absolute atomic E-state index is 13.4. The minimum Gasteiger partial charge on any atom is -0.350 e. The van der Waals surface area contributed by atoms with Gasteiger partial charge in [-0.05, 0) is 53.9 Å². The van der Waals surface area contributed by atoms with Gasteiger partial charge in [0.15, 0.2) is 0 Å². The predicted molar refractivity (Wildman–Crippen MR) is 148 cm³/mol. The van der Waals surface area contributed by atoms with Crippen LogP contribution < -0.4 is 16.0 Å². The van der Waals surface area contributed by atoms with E-state index in [0.29, 0.717) is 11.1 Å². The maximum Gasteiger partial charge on any atom is 0.252 e. The summed E-state index contributed by atoms with van der Waals surface area (Å²) in [5.41, 5.74) is 5.59. The van der Waals surface area contributed by atoms with Crippen LogP contribution in [0.2, 0.25) is 0 Å². The highest BCUT2D eigenvalue weighted by molar-refractivity contribution is 5.96. The van der Waals surface area contributed by atoms with Gasteiger partial charge in [-0.15, -0.1) is 0 Å². The molecule has 11 heteroatoms. The summed E-state index contributed by atoms with van der Waals surface area (Å²) in [6.07, 6.45) is 5.30. The molecule has 40 heavy (non-hydrogen) atoms. The van der Waals surface area contributed by atoms with Crippen LogP contribution in [-0.2, 0) is 30.2 Å². The molecule has 0 spiro atoms. The highest BCUT2D eigenvalue weighted by Crippen LogP contribution is 2.30. The first-order valence-electron chi connectivity index (χ1n) is 12.7. The third-order valence-electron chi connectivity index (χ3n) is 6.27. The van der Waals surface area contributed by atoms with Crippen LogP contribution in [0.5, 0.6) is 0 Å². The fourth-order valence-electron chi connectivity index (χ4n) is 4.18. The molecule has 0 fully saturated rings. The number of aromatic nitrogens is 4. The first kappa shape index (κ1) is 27.8. The largest absolute Gasteiger partial charge is 0.350 e. The Morgan fingerprint density at radius 2 is 1.75 bits per heavy atom. The molecule has 0 aliphatic carbocycles. The van der Waals surface area contributed by atoms with Crippen molar-refractivity contribution in [3.05, 3.63) is 83.8 Å². The number of benzene rings is 2. The summed E-state index contributed by atoms with van der Waals surface area (Å²) in [4.78, 5) is 36.9. The van der Waals surface area contributed by atoms with E-state index < -0.39 is 11.8 Å². The monoisotopic (exact) mass is 538 g/mol. The normalized spacial score (nSPS) is 11.3. The smallest absolute Gasteiger partial charge is 0.252 e. The van der Waals surface area contributed by atoms with Crippen LogP contribution in [0.3, 0.4) is 0 Å². The van der Waals surface area contributed by atoms with Gasteiger partial charge in [0.25, 0.3) is 5.91 Å². The van der Waals surface area contributed by atoms with Crippen LogP contribution in [0.4, 0.5) is 0 Å². The zero-order chi connectivity index (χ0) is 28.6. The lowest BCUT2D eigenvalue weighted by Crippen LogP contribution is -2.37. The molecule has 11 nitrogen and oxygen atoms in total. The molecule has 0 radical (unpaired) electrons. The van der Waals surface area contributed by atoms with Gasteiger partial charge in [-0.1, -0.05) is 18.2 Å². The number of hydrogen-bond acceptors (Lipinski definition) is 6. The molecule has 2 aromatic heterocycles. The van der Waals surface area contributed by atoms with Crippen LogP contribution in [-0.4, -0.2) is 43.8 Å². The maximum atomic E-state index is 13.4. The first-order chi connectivity index (χ1) is 19.2. The van der Waals surface area contributed by atoms with Crippen molar-refractivity contribution in [2.75, 3.05) is 6.54 Å². The third kappa shape index (κ3) is 6.99. The summed E-state index contributed by atoms with van der Waals surface area (Å²) < 4.78 is 3.48. The molecule has 0 aliphatic rings. The average molecular weight is 539 g/mol. The number of aryl methyl sites for hydroxylation is 2. The lowest BCUT2D eigenvalue weighted by Gasteiger charge is -2.18. The summed E-state index contributed by atoms with van der Waals surface area (Å²) in [6, 6.07) is 16.4. The van der Waals surface area contributed by atoms with Gasteiger partial charge in [0.2, 0.25) is 11.8 Å². The van der Waals surface area contributed by atoms with E-state index in [1.165, 1.54) is 0 Å². The quantitative estimate of drug-likeness (QED) is 0.283. The highest BCUT2D eigenvalue weighted by atomic mass is 16.2. The molecule has 2 heterocycles. The van der Waals surface area contributed by atoms with Crippen LogP contribution in [0.1, 0.15) is 40.9 Å². The molecule has 0 saturated carbocycles. The van der Waals surface area contributed by atoms with E-state index in [4.69, 9.17) is 5.26 Å². The number of nitrogens with one attached hydrogen (secondary N) is 3. The van der Waals surface area contributed by atoms with Crippen LogP contribution in [0.15, 0.2) is 67.1 Å². The Bertz CT molecular complexity index is 1520. The van der Waals surface area contributed by atoms with E-state index in [2.05, 4.69) is 32.2 Å². The molecule has 2 aromatic carbocycles. The lowest BCUT2D eigenvalue weighted by atomic mass is 9.96. The first-order valence-corrected chi connectivity index (χ1v) is 12.7. The molecule has 204 valence electrons. The van der Waals surface area contributed by atoms with Gasteiger partial charge in [-0.3, -0.25) is 23.7 Å². The van der Waals surface area contributed by atoms with Gasteiger partial charge in [0.1, 0.15) is 6.42 Å². The van der Waals surface area contributed by atoms with E-state index in [0.717, 1.165) is 27.9 Å². The third-order valence-corrected chi connectivity index (χ3v) is 6.27. The zero-order valence-electron chi connectivity index (χ0n) is 22.5. The molecule has 4 rings (SSSR count). The Kier molecular flexibility index (Phi) is 8.71. The standard InChI is InChI=1S/C29H30N8O3/c1-19(21-12-22(24-16-33-37(3)18-24)14-23(13-21)26-9-11-36(2)35-26)34-29(40)25-7-5-4-6-20(25)15-31-28(39)17-32-27(38)8-10-30/h4-7,9,11-14,16,18-19H,8,15,17H2,1-3H3,(H,31,39)(H,32,38)(H,34,40)/t19-/m1/s1. The molecule has 0 saturated heterocycles. The second-order valence-electron chi connectivity index (χ2n) is 9.36. The van der Waals surface area contributed by atoms with Crippen molar-refractivity contribution in [1.82, 2.24) is 35.5 Å². The molecular formula is C29H30N8O3. The number of nitriles is 1. The minimum atomic E-state index is -0.523. The van der Waals surface area contributed by atoms with Crippen LogP contribution in [0.25, 0.3) is 22.4 Å². The molecule has 4 aromatic rings. The van der Waals surface area contributed by atoms with Crippen LogP contribution in [0, 0.1) is 11.3 Å². The Hall–Kier alpha value is -5.24. The van der Waals surface area contributed by atoms with Crippen LogP contribution >= 0.6 is 0 Å². The van der Waals surface area contributed by atoms with E-state index in [-0.39, 0.29) is 31.5 Å². The zero-order valence-corrected chi connectivity index (χ0v) is 22.5. The van der Waals surface area contributed by atoms with E-state index in [9.17, 15) is 14.4 Å². The summed E-state index contributed by atoms with van der Waals surface area (Å²) >= 11 is 0. The van der Waals surface area contributed by atoms with Gasteiger partial charge in [0.05, 0.1) is 30.5 Å². The molecule has 0 bridgehead atoms. The molecule has 3 amide bonds. The second-order valence-corrected chi connectivity index (χ2v) is 9.36. The highest BCUT2D eigenvalue weighted by Gasteiger charge is 2.18. The second kappa shape index (κ2) is 12.5. The number of hydrogen-bond donors (Lipinski definition) is 3. The van der Waals surface area contributed by atoms with Gasteiger partial charge < -0.3 is 16.0 Å². The van der Waals surface area contributed by atoms with Gasteiger partial charge in [-0.2, -0.15) is 15.5 Å². The number of carbonyl (C=O) groups excluding carboxylic acids is 3. The molecular weight excluding hydrogens is 508 g/mol. The fourth-order valence-corrected chi connectivity index (χ4v) is 4.18. The van der Waals surface area contributed by atoms with Gasteiger partial charge in [-0.25, -0.2) is 0 Å². The van der Waals surface area contributed by atoms with E-state index >= 15 is 0 Å². The summed E-state index contributed by atoms with van der Waals surface area (Å²) in [5.74, 6) is -1.24. The van der Waals surface area contributed by atoms with Crippen molar-refractivity contribution in [3.8, 4) is 28.5 Å². The van der Waals surface area contributed by atoms with Gasteiger partial charge >= 0.3 is 0 Å². The summed E-state index contributed by atoms with van der Waals surface area (Å²) in [5, 5.41) is 25.5. The number of rotatable bonds is 10. The Morgan fingerprint density at radius 1 is 0.975 bits per heavy atom.